The molecule has 2 rings (SSSR count). The molecule has 2 atom stereocenters. The van der Waals surface area contributed by atoms with E-state index in [1.807, 2.05) is 39.0 Å². The Morgan fingerprint density at radius 2 is 2.29 bits per heavy atom. The average molecular weight is 305 g/mol. The zero-order valence-electron chi connectivity index (χ0n) is 12.3. The molecule has 6 nitrogen and oxygen atoms in total. The van der Waals surface area contributed by atoms with Gasteiger partial charge in [0, 0.05) is 6.20 Å². The number of hydrogen-bond donors (Lipinski definition) is 2. The number of nitrogens with zero attached hydrogens (tertiary/aromatic N) is 3. The number of pyridine rings is 1. The minimum Gasteiger partial charge on any atom is -0.345 e. The summed E-state index contributed by atoms with van der Waals surface area (Å²) in [4.78, 5) is 20.8. The van der Waals surface area contributed by atoms with Crippen molar-refractivity contribution >= 4 is 17.7 Å². The Hall–Kier alpha value is -1.89. The number of carbonyl (C=O) groups is 1. The van der Waals surface area contributed by atoms with E-state index in [2.05, 4.69) is 25.5 Å². The molecule has 2 heterocycles. The van der Waals surface area contributed by atoms with Crippen molar-refractivity contribution in [3.63, 3.8) is 0 Å². The van der Waals surface area contributed by atoms with Gasteiger partial charge in [-0.15, -0.1) is 0 Å². The first kappa shape index (κ1) is 15.5. The molecule has 0 fully saturated rings. The molecule has 1 amide bonds. The Balaban J connectivity index is 1.96. The number of amides is 1. The lowest BCUT2D eigenvalue weighted by atomic mass is 10.2. The zero-order chi connectivity index (χ0) is 15.2. The number of aromatic amines is 1. The zero-order valence-corrected chi connectivity index (χ0v) is 13.1. The number of nitrogens with one attached hydrogen (secondary N) is 2. The second kappa shape index (κ2) is 7.21. The van der Waals surface area contributed by atoms with Gasteiger partial charge in [-0.2, -0.15) is 5.10 Å². The van der Waals surface area contributed by atoms with Crippen molar-refractivity contribution < 1.29 is 4.79 Å². The van der Waals surface area contributed by atoms with Crippen LogP contribution < -0.4 is 5.32 Å². The van der Waals surface area contributed by atoms with Crippen molar-refractivity contribution in [2.24, 2.45) is 0 Å². The number of hydrogen-bond acceptors (Lipinski definition) is 5. The quantitative estimate of drug-likeness (QED) is 0.800. The van der Waals surface area contributed by atoms with Crippen LogP contribution in [0.15, 0.2) is 29.4 Å². The molecule has 2 N–H and O–H groups in total. The largest absolute Gasteiger partial charge is 0.345 e. The Morgan fingerprint density at radius 3 is 2.86 bits per heavy atom. The molecule has 2 aromatic heterocycles. The van der Waals surface area contributed by atoms with E-state index in [0.29, 0.717) is 5.82 Å². The van der Waals surface area contributed by atoms with Crippen LogP contribution in [-0.2, 0) is 4.79 Å². The van der Waals surface area contributed by atoms with E-state index < -0.39 is 0 Å². The minimum absolute atomic E-state index is 0.0417. The SMILES string of the molecule is CC[C@@H](NC(=O)[C@H](C)Sc1ccccn1)c1n[nH]c(C)n1. The van der Waals surface area contributed by atoms with Gasteiger partial charge in [0.2, 0.25) is 5.91 Å². The summed E-state index contributed by atoms with van der Waals surface area (Å²) in [5, 5.41) is 10.5. The maximum absolute atomic E-state index is 12.3. The van der Waals surface area contributed by atoms with Crippen LogP contribution in [0, 0.1) is 6.92 Å². The van der Waals surface area contributed by atoms with E-state index in [1.165, 1.54) is 11.8 Å². The number of rotatable bonds is 6. The van der Waals surface area contributed by atoms with Gasteiger partial charge in [0.25, 0.3) is 0 Å². The van der Waals surface area contributed by atoms with E-state index >= 15 is 0 Å². The highest BCUT2D eigenvalue weighted by Gasteiger charge is 2.21. The topological polar surface area (TPSA) is 83.6 Å². The molecule has 0 saturated heterocycles. The monoisotopic (exact) mass is 305 g/mol. The average Bonchev–Trinajstić information content (AvgIpc) is 2.92. The number of aryl methyl sites for hydroxylation is 1. The summed E-state index contributed by atoms with van der Waals surface area (Å²) >= 11 is 1.43. The van der Waals surface area contributed by atoms with Crippen LogP contribution in [0.2, 0.25) is 0 Å². The summed E-state index contributed by atoms with van der Waals surface area (Å²) in [6, 6.07) is 5.48. The first-order valence-corrected chi connectivity index (χ1v) is 7.75. The summed E-state index contributed by atoms with van der Waals surface area (Å²) in [6.45, 7) is 5.70. The number of carbonyl (C=O) groups excluding carboxylic acids is 1. The maximum Gasteiger partial charge on any atom is 0.233 e. The number of aromatic nitrogens is 4. The molecule has 0 aliphatic rings. The first-order chi connectivity index (χ1) is 10.1. The maximum atomic E-state index is 12.3. The molecule has 2 aromatic rings. The Bertz CT molecular complexity index is 586. The van der Waals surface area contributed by atoms with Crippen molar-refractivity contribution in [3.8, 4) is 0 Å². The van der Waals surface area contributed by atoms with Gasteiger partial charge in [0.1, 0.15) is 5.82 Å². The smallest absolute Gasteiger partial charge is 0.233 e. The second-order valence-electron chi connectivity index (χ2n) is 4.68. The standard InChI is InChI=1S/C14H19N5OS/c1-4-11(13-16-10(3)18-19-13)17-14(20)9(2)21-12-7-5-6-8-15-12/h5-9,11H,4H2,1-3H3,(H,17,20)(H,16,18,19)/t9-,11+/m0/s1. The minimum atomic E-state index is -0.228. The summed E-state index contributed by atoms with van der Waals surface area (Å²) in [5.41, 5.74) is 0. The van der Waals surface area contributed by atoms with Crippen molar-refractivity contribution in [2.75, 3.05) is 0 Å². The summed E-state index contributed by atoms with van der Waals surface area (Å²) in [5.74, 6) is 1.33. The molecule has 7 heteroatoms. The van der Waals surface area contributed by atoms with Gasteiger partial charge in [-0.05, 0) is 32.4 Å². The van der Waals surface area contributed by atoms with Crippen LogP contribution in [-0.4, -0.2) is 31.3 Å². The fourth-order valence-electron chi connectivity index (χ4n) is 1.81. The van der Waals surface area contributed by atoms with E-state index in [-0.39, 0.29) is 17.2 Å². The van der Waals surface area contributed by atoms with E-state index in [9.17, 15) is 4.79 Å². The highest BCUT2D eigenvalue weighted by Crippen LogP contribution is 2.21. The van der Waals surface area contributed by atoms with Crippen LogP contribution in [0.3, 0.4) is 0 Å². The number of thioether (sulfide) groups is 1. The molecule has 0 unspecified atom stereocenters. The van der Waals surface area contributed by atoms with Gasteiger partial charge < -0.3 is 5.32 Å². The third-order valence-corrected chi connectivity index (χ3v) is 4.01. The van der Waals surface area contributed by atoms with Crippen LogP contribution in [0.25, 0.3) is 0 Å². The molecule has 112 valence electrons. The van der Waals surface area contributed by atoms with Gasteiger partial charge in [-0.1, -0.05) is 24.8 Å². The Labute approximate surface area is 128 Å². The van der Waals surface area contributed by atoms with Crippen molar-refractivity contribution in [2.45, 2.75) is 43.5 Å². The normalized spacial score (nSPS) is 13.7. The van der Waals surface area contributed by atoms with Crippen LogP contribution in [0.4, 0.5) is 0 Å². The van der Waals surface area contributed by atoms with Gasteiger partial charge >= 0.3 is 0 Å². The predicted molar refractivity (Wildman–Crippen MR) is 81.9 cm³/mol. The van der Waals surface area contributed by atoms with Crippen LogP contribution in [0.5, 0.6) is 0 Å². The van der Waals surface area contributed by atoms with Gasteiger partial charge in [0.15, 0.2) is 5.82 Å². The van der Waals surface area contributed by atoms with E-state index in [0.717, 1.165) is 17.3 Å². The van der Waals surface area contributed by atoms with Crippen molar-refractivity contribution in [1.29, 1.82) is 0 Å². The third kappa shape index (κ3) is 4.29. The molecule has 0 aromatic carbocycles. The Kier molecular flexibility index (Phi) is 5.32. The van der Waals surface area contributed by atoms with E-state index in [4.69, 9.17) is 0 Å². The van der Waals surface area contributed by atoms with Crippen LogP contribution >= 0.6 is 11.8 Å². The van der Waals surface area contributed by atoms with Crippen molar-refractivity contribution in [1.82, 2.24) is 25.5 Å². The first-order valence-electron chi connectivity index (χ1n) is 6.87. The highest BCUT2D eigenvalue weighted by molar-refractivity contribution is 8.00. The molecule has 0 bridgehead atoms. The molecular weight excluding hydrogens is 286 g/mol. The molecule has 21 heavy (non-hydrogen) atoms. The summed E-state index contributed by atoms with van der Waals surface area (Å²) in [7, 11) is 0. The van der Waals surface area contributed by atoms with Gasteiger partial charge in [-0.25, -0.2) is 9.97 Å². The lowest BCUT2D eigenvalue weighted by Gasteiger charge is -2.17. The Morgan fingerprint density at radius 1 is 1.48 bits per heavy atom. The lowest BCUT2D eigenvalue weighted by molar-refractivity contribution is -0.121. The third-order valence-electron chi connectivity index (χ3n) is 2.96. The van der Waals surface area contributed by atoms with Gasteiger partial charge in [0.05, 0.1) is 16.3 Å². The van der Waals surface area contributed by atoms with Gasteiger partial charge in [-0.3, -0.25) is 9.89 Å². The molecule has 0 aliphatic carbocycles. The van der Waals surface area contributed by atoms with Crippen LogP contribution in [0.1, 0.15) is 38.0 Å². The molecular formula is C14H19N5OS. The summed E-state index contributed by atoms with van der Waals surface area (Å²) in [6.07, 6.45) is 2.46. The molecule has 0 saturated carbocycles. The lowest BCUT2D eigenvalue weighted by Crippen LogP contribution is -2.34. The molecule has 0 spiro atoms. The summed E-state index contributed by atoms with van der Waals surface area (Å²) < 4.78 is 0. The highest BCUT2D eigenvalue weighted by atomic mass is 32.2. The van der Waals surface area contributed by atoms with Crippen molar-refractivity contribution in [3.05, 3.63) is 36.0 Å². The molecule has 0 radical (unpaired) electrons. The number of H-pyrrole nitrogens is 1. The van der Waals surface area contributed by atoms with E-state index in [1.54, 1.807) is 6.20 Å². The fourth-order valence-corrected chi connectivity index (χ4v) is 2.62. The molecule has 0 aliphatic heterocycles. The predicted octanol–water partition coefficient (Wildman–Crippen LogP) is 2.26. The second-order valence-corrected chi connectivity index (χ2v) is 6.04. The fraction of sp³-hybridized carbons (Fsp3) is 0.429.